The maximum atomic E-state index is 12.1. The van der Waals surface area contributed by atoms with Gasteiger partial charge in [-0.1, -0.05) is 35.9 Å². The zero-order valence-electron chi connectivity index (χ0n) is 9.86. The molecule has 1 aliphatic rings. The molecule has 88 valence electrons. The molecule has 0 amide bonds. The summed E-state index contributed by atoms with van der Waals surface area (Å²) in [6.07, 6.45) is 1.86. The minimum absolute atomic E-state index is 0.0653. The fourth-order valence-corrected chi connectivity index (χ4v) is 2.09. The molecule has 0 atom stereocenters. The lowest BCUT2D eigenvalue weighted by Crippen LogP contribution is -2.41. The van der Waals surface area contributed by atoms with Gasteiger partial charge in [0, 0.05) is 17.5 Å². The third kappa shape index (κ3) is 1.63. The molecule has 0 heterocycles. The SMILES string of the molecule is C/C=C(\C)CC1(O)C(=O)c2ccccc2C1=O. The second-order valence-corrected chi connectivity index (χ2v) is 4.38. The smallest absolute Gasteiger partial charge is 0.203 e. The predicted octanol–water partition coefficient (Wildman–Crippen LogP) is 2.15. The lowest BCUT2D eigenvalue weighted by Gasteiger charge is -2.19. The zero-order valence-corrected chi connectivity index (χ0v) is 9.86. The number of carbonyl (C=O) groups excluding carboxylic acids is 2. The molecule has 2 rings (SSSR count). The Labute approximate surface area is 99.8 Å². The minimum atomic E-state index is -1.90. The molecule has 1 aliphatic carbocycles. The quantitative estimate of drug-likeness (QED) is 0.625. The molecule has 17 heavy (non-hydrogen) atoms. The molecule has 1 aromatic rings. The third-order valence-electron chi connectivity index (χ3n) is 3.20. The molecule has 0 saturated carbocycles. The predicted molar refractivity (Wildman–Crippen MR) is 64.1 cm³/mol. The number of fused-ring (bicyclic) bond motifs is 1. The van der Waals surface area contributed by atoms with Crippen LogP contribution in [0.1, 0.15) is 41.0 Å². The van der Waals surface area contributed by atoms with Crippen LogP contribution in [0.15, 0.2) is 35.9 Å². The number of benzene rings is 1. The molecule has 1 N–H and O–H groups in total. The van der Waals surface area contributed by atoms with E-state index in [4.69, 9.17) is 0 Å². The number of allylic oxidation sites excluding steroid dienone is 1. The van der Waals surface area contributed by atoms with Crippen LogP contribution in [0.5, 0.6) is 0 Å². The summed E-state index contributed by atoms with van der Waals surface area (Å²) in [6.45, 7) is 3.61. The van der Waals surface area contributed by atoms with Crippen molar-refractivity contribution >= 4 is 11.6 Å². The van der Waals surface area contributed by atoms with Crippen molar-refractivity contribution in [1.82, 2.24) is 0 Å². The first kappa shape index (κ1) is 11.7. The van der Waals surface area contributed by atoms with Gasteiger partial charge in [0.15, 0.2) is 5.60 Å². The van der Waals surface area contributed by atoms with E-state index in [1.165, 1.54) is 0 Å². The van der Waals surface area contributed by atoms with Crippen molar-refractivity contribution in [3.8, 4) is 0 Å². The Balaban J connectivity index is 2.48. The molecule has 3 heteroatoms. The summed E-state index contributed by atoms with van der Waals surface area (Å²) in [5, 5.41) is 10.3. The standard InChI is InChI=1S/C14H14O3/c1-3-9(2)8-14(17)12(15)10-6-4-5-7-11(10)13(14)16/h3-7,17H,8H2,1-2H3/b9-3+. The van der Waals surface area contributed by atoms with E-state index in [0.29, 0.717) is 11.1 Å². The molecule has 0 fully saturated rings. The molecule has 0 saturated heterocycles. The molecule has 0 unspecified atom stereocenters. The van der Waals surface area contributed by atoms with Gasteiger partial charge in [-0.3, -0.25) is 9.59 Å². The van der Waals surface area contributed by atoms with Crippen LogP contribution in [0.3, 0.4) is 0 Å². The van der Waals surface area contributed by atoms with Gasteiger partial charge in [-0.05, 0) is 13.8 Å². The van der Waals surface area contributed by atoms with E-state index in [-0.39, 0.29) is 6.42 Å². The highest BCUT2D eigenvalue weighted by atomic mass is 16.3. The Morgan fingerprint density at radius 2 is 1.71 bits per heavy atom. The van der Waals surface area contributed by atoms with E-state index < -0.39 is 17.2 Å². The fourth-order valence-electron chi connectivity index (χ4n) is 2.09. The van der Waals surface area contributed by atoms with E-state index in [0.717, 1.165) is 5.57 Å². The molecule has 0 aromatic heterocycles. The summed E-state index contributed by atoms with van der Waals surface area (Å²) < 4.78 is 0. The summed E-state index contributed by atoms with van der Waals surface area (Å²) in [4.78, 5) is 24.2. The normalized spacial score (nSPS) is 18.4. The van der Waals surface area contributed by atoms with Crippen LogP contribution in [0, 0.1) is 0 Å². The van der Waals surface area contributed by atoms with Crippen molar-refractivity contribution in [3.63, 3.8) is 0 Å². The van der Waals surface area contributed by atoms with Crippen LogP contribution < -0.4 is 0 Å². The van der Waals surface area contributed by atoms with Crippen molar-refractivity contribution < 1.29 is 14.7 Å². The van der Waals surface area contributed by atoms with E-state index in [1.807, 2.05) is 6.92 Å². The average Bonchev–Trinajstić information content (AvgIpc) is 2.53. The summed E-state index contributed by atoms with van der Waals surface area (Å²) in [7, 11) is 0. The van der Waals surface area contributed by atoms with Crippen molar-refractivity contribution in [2.45, 2.75) is 25.9 Å². The largest absolute Gasteiger partial charge is 0.374 e. The fraction of sp³-hybridized carbons (Fsp3) is 0.286. The first-order chi connectivity index (χ1) is 8.00. The van der Waals surface area contributed by atoms with E-state index in [9.17, 15) is 14.7 Å². The summed E-state index contributed by atoms with van der Waals surface area (Å²) in [5.74, 6) is -0.974. The molecular weight excluding hydrogens is 216 g/mol. The molecular formula is C14H14O3. The van der Waals surface area contributed by atoms with E-state index >= 15 is 0 Å². The first-order valence-corrected chi connectivity index (χ1v) is 5.53. The number of rotatable bonds is 2. The number of Topliss-reactive ketones (excluding diaryl/α,β-unsaturated/α-hetero) is 2. The van der Waals surface area contributed by atoms with Crippen LogP contribution in [0.25, 0.3) is 0 Å². The van der Waals surface area contributed by atoms with Crippen LogP contribution in [0.4, 0.5) is 0 Å². The Morgan fingerprint density at radius 3 is 2.12 bits per heavy atom. The minimum Gasteiger partial charge on any atom is -0.374 e. The van der Waals surface area contributed by atoms with Crippen molar-refractivity contribution in [3.05, 3.63) is 47.0 Å². The highest BCUT2D eigenvalue weighted by Crippen LogP contribution is 2.34. The number of hydrogen-bond acceptors (Lipinski definition) is 3. The Kier molecular flexibility index (Phi) is 2.71. The second kappa shape index (κ2) is 3.93. The Bertz CT molecular complexity index is 491. The number of hydrogen-bond donors (Lipinski definition) is 1. The average molecular weight is 230 g/mol. The third-order valence-corrected chi connectivity index (χ3v) is 3.20. The maximum Gasteiger partial charge on any atom is 0.203 e. The van der Waals surface area contributed by atoms with Crippen LogP contribution in [0.2, 0.25) is 0 Å². The summed E-state index contributed by atoms with van der Waals surface area (Å²) in [6, 6.07) is 6.55. The molecule has 1 aromatic carbocycles. The number of aliphatic hydroxyl groups is 1. The van der Waals surface area contributed by atoms with Crippen molar-refractivity contribution in [1.29, 1.82) is 0 Å². The van der Waals surface area contributed by atoms with Gasteiger partial charge in [0.25, 0.3) is 0 Å². The van der Waals surface area contributed by atoms with Crippen molar-refractivity contribution in [2.24, 2.45) is 0 Å². The highest BCUT2D eigenvalue weighted by molar-refractivity contribution is 6.32. The molecule has 0 bridgehead atoms. The van der Waals surface area contributed by atoms with Crippen LogP contribution >= 0.6 is 0 Å². The van der Waals surface area contributed by atoms with Crippen LogP contribution in [-0.2, 0) is 0 Å². The number of ketones is 2. The summed E-state index contributed by atoms with van der Waals surface area (Å²) in [5.41, 5.74) is -0.435. The van der Waals surface area contributed by atoms with Gasteiger partial charge >= 0.3 is 0 Å². The zero-order chi connectivity index (χ0) is 12.6. The maximum absolute atomic E-state index is 12.1. The lowest BCUT2D eigenvalue weighted by molar-refractivity contribution is 0.0334. The van der Waals surface area contributed by atoms with Gasteiger partial charge in [0.2, 0.25) is 11.6 Å². The Morgan fingerprint density at radius 1 is 1.24 bits per heavy atom. The van der Waals surface area contributed by atoms with Gasteiger partial charge in [-0.25, -0.2) is 0 Å². The molecule has 3 nitrogen and oxygen atoms in total. The van der Waals surface area contributed by atoms with E-state index in [2.05, 4.69) is 0 Å². The van der Waals surface area contributed by atoms with Gasteiger partial charge in [0.1, 0.15) is 0 Å². The topological polar surface area (TPSA) is 54.4 Å². The molecule has 0 radical (unpaired) electrons. The van der Waals surface area contributed by atoms with Gasteiger partial charge < -0.3 is 5.11 Å². The highest BCUT2D eigenvalue weighted by Gasteiger charge is 2.51. The summed E-state index contributed by atoms with van der Waals surface area (Å²) >= 11 is 0. The molecule has 0 spiro atoms. The Hall–Kier alpha value is -1.74. The van der Waals surface area contributed by atoms with Gasteiger partial charge in [-0.15, -0.1) is 0 Å². The molecule has 0 aliphatic heterocycles. The van der Waals surface area contributed by atoms with Gasteiger partial charge in [0.05, 0.1) is 0 Å². The monoisotopic (exact) mass is 230 g/mol. The lowest BCUT2D eigenvalue weighted by atomic mass is 9.90. The van der Waals surface area contributed by atoms with Gasteiger partial charge in [-0.2, -0.15) is 0 Å². The first-order valence-electron chi connectivity index (χ1n) is 5.53. The second-order valence-electron chi connectivity index (χ2n) is 4.38. The van der Waals surface area contributed by atoms with Crippen LogP contribution in [-0.4, -0.2) is 22.3 Å². The number of carbonyl (C=O) groups is 2. The van der Waals surface area contributed by atoms with E-state index in [1.54, 1.807) is 37.3 Å². The van der Waals surface area contributed by atoms with Crippen molar-refractivity contribution in [2.75, 3.05) is 0 Å².